The molecule has 0 aliphatic carbocycles. The van der Waals surface area contributed by atoms with E-state index in [0.29, 0.717) is 11.5 Å². The molecular weight excluding hydrogens is 348 g/mol. The van der Waals surface area contributed by atoms with Crippen molar-refractivity contribution >= 4 is 29.5 Å². The first-order valence-electron chi connectivity index (χ1n) is 8.52. The molecule has 2 aromatic carbocycles. The van der Waals surface area contributed by atoms with Crippen molar-refractivity contribution in [2.45, 2.75) is 12.8 Å². The van der Waals surface area contributed by atoms with Gasteiger partial charge in [0.2, 0.25) is 5.89 Å². The Kier molecular flexibility index (Phi) is 4.53. The molecule has 0 radical (unpaired) electrons. The Morgan fingerprint density at radius 3 is 2.54 bits per heavy atom. The van der Waals surface area contributed by atoms with E-state index in [9.17, 15) is 4.79 Å². The molecule has 26 heavy (non-hydrogen) atoms. The maximum absolute atomic E-state index is 12.6. The SMILES string of the molecule is O=C(Nc1ccccc1N1CCCC1)c1ccc(-c2n[nH]c(=S)o2)cc1. The van der Waals surface area contributed by atoms with E-state index in [0.717, 1.165) is 30.0 Å². The van der Waals surface area contributed by atoms with Gasteiger partial charge in [0.25, 0.3) is 10.7 Å². The number of para-hydroxylation sites is 2. The van der Waals surface area contributed by atoms with Gasteiger partial charge in [0.1, 0.15) is 0 Å². The van der Waals surface area contributed by atoms with E-state index < -0.39 is 0 Å². The summed E-state index contributed by atoms with van der Waals surface area (Å²) in [6.07, 6.45) is 2.38. The minimum atomic E-state index is -0.147. The number of aromatic amines is 1. The predicted octanol–water partition coefficient (Wildman–Crippen LogP) is 4.25. The highest BCUT2D eigenvalue weighted by Crippen LogP contribution is 2.29. The zero-order valence-corrected chi connectivity index (χ0v) is 14.9. The fourth-order valence-electron chi connectivity index (χ4n) is 3.13. The molecule has 3 aromatic rings. The van der Waals surface area contributed by atoms with Gasteiger partial charge in [-0.3, -0.25) is 4.79 Å². The monoisotopic (exact) mass is 366 g/mol. The summed E-state index contributed by atoms with van der Waals surface area (Å²) in [6.45, 7) is 2.05. The maximum atomic E-state index is 12.6. The van der Waals surface area contributed by atoms with Gasteiger partial charge in [-0.05, 0) is 61.5 Å². The first-order valence-corrected chi connectivity index (χ1v) is 8.93. The van der Waals surface area contributed by atoms with Crippen molar-refractivity contribution in [3.8, 4) is 11.5 Å². The van der Waals surface area contributed by atoms with Crippen LogP contribution in [0.1, 0.15) is 23.2 Å². The Labute approximate surface area is 155 Å². The molecule has 1 aromatic heterocycles. The summed E-state index contributed by atoms with van der Waals surface area (Å²) in [6, 6.07) is 15.0. The summed E-state index contributed by atoms with van der Waals surface area (Å²) < 4.78 is 5.28. The summed E-state index contributed by atoms with van der Waals surface area (Å²) in [5, 5.41) is 9.59. The second-order valence-electron chi connectivity index (χ2n) is 6.16. The van der Waals surface area contributed by atoms with Crippen LogP contribution >= 0.6 is 12.2 Å². The Morgan fingerprint density at radius 2 is 1.85 bits per heavy atom. The van der Waals surface area contributed by atoms with Crippen molar-refractivity contribution in [3.05, 3.63) is 58.9 Å². The van der Waals surface area contributed by atoms with E-state index >= 15 is 0 Å². The molecule has 1 fully saturated rings. The van der Waals surface area contributed by atoms with Gasteiger partial charge in [-0.2, -0.15) is 0 Å². The number of hydrogen-bond donors (Lipinski definition) is 2. The molecule has 6 nitrogen and oxygen atoms in total. The Hall–Kier alpha value is -2.93. The van der Waals surface area contributed by atoms with E-state index in [1.165, 1.54) is 12.8 Å². The predicted molar refractivity (Wildman–Crippen MR) is 103 cm³/mol. The molecule has 1 aliphatic heterocycles. The van der Waals surface area contributed by atoms with Crippen molar-refractivity contribution in [1.82, 2.24) is 10.2 Å². The minimum absolute atomic E-state index is 0.147. The summed E-state index contributed by atoms with van der Waals surface area (Å²) in [5.74, 6) is 0.257. The first-order chi connectivity index (χ1) is 12.7. The van der Waals surface area contributed by atoms with Gasteiger partial charge in [0, 0.05) is 24.2 Å². The molecule has 1 saturated heterocycles. The zero-order valence-electron chi connectivity index (χ0n) is 14.1. The number of benzene rings is 2. The Bertz CT molecular complexity index is 971. The van der Waals surface area contributed by atoms with Crippen LogP contribution < -0.4 is 10.2 Å². The first kappa shape index (κ1) is 16.5. The number of rotatable bonds is 4. The van der Waals surface area contributed by atoms with Crippen LogP contribution in [0.15, 0.2) is 52.9 Å². The lowest BCUT2D eigenvalue weighted by Gasteiger charge is -2.21. The van der Waals surface area contributed by atoms with Crippen LogP contribution in [0, 0.1) is 4.84 Å². The van der Waals surface area contributed by atoms with Crippen LogP contribution in [0.4, 0.5) is 11.4 Å². The number of carbonyl (C=O) groups is 1. The normalized spacial score (nSPS) is 13.8. The molecule has 0 atom stereocenters. The largest absolute Gasteiger partial charge is 0.409 e. The summed E-state index contributed by atoms with van der Waals surface area (Å²) in [4.78, 5) is 15.2. The molecule has 0 unspecified atom stereocenters. The highest BCUT2D eigenvalue weighted by molar-refractivity contribution is 7.71. The van der Waals surface area contributed by atoms with Crippen LogP contribution in [0.3, 0.4) is 0 Å². The fraction of sp³-hybridized carbons (Fsp3) is 0.211. The molecule has 0 saturated carbocycles. The summed E-state index contributed by atoms with van der Waals surface area (Å²) in [7, 11) is 0. The second-order valence-corrected chi connectivity index (χ2v) is 6.53. The fourth-order valence-corrected chi connectivity index (χ4v) is 3.25. The van der Waals surface area contributed by atoms with Gasteiger partial charge in [-0.1, -0.05) is 12.1 Å². The van der Waals surface area contributed by atoms with E-state index in [1.807, 2.05) is 18.2 Å². The third-order valence-electron chi connectivity index (χ3n) is 4.43. The Balaban J connectivity index is 1.53. The number of hydrogen-bond acceptors (Lipinski definition) is 5. The molecule has 1 aliphatic rings. The number of nitrogens with zero attached hydrogens (tertiary/aromatic N) is 2. The van der Waals surface area contributed by atoms with E-state index in [2.05, 4.69) is 26.5 Å². The molecular formula is C19H18N4O2S. The quantitative estimate of drug-likeness (QED) is 0.675. The van der Waals surface area contributed by atoms with Crippen LogP contribution in [0.5, 0.6) is 0 Å². The lowest BCUT2D eigenvalue weighted by molar-refractivity contribution is 0.102. The lowest BCUT2D eigenvalue weighted by Crippen LogP contribution is -2.21. The molecule has 1 amide bonds. The highest BCUT2D eigenvalue weighted by atomic mass is 32.1. The van der Waals surface area contributed by atoms with Crippen LogP contribution in [-0.4, -0.2) is 29.2 Å². The molecule has 132 valence electrons. The summed E-state index contributed by atoms with van der Waals surface area (Å²) in [5.41, 5.74) is 3.23. The maximum Gasteiger partial charge on any atom is 0.284 e. The average Bonchev–Trinajstić information content (AvgIpc) is 3.34. The number of carbonyl (C=O) groups excluding carboxylic acids is 1. The van der Waals surface area contributed by atoms with E-state index in [4.69, 9.17) is 16.6 Å². The third-order valence-corrected chi connectivity index (χ3v) is 4.61. The van der Waals surface area contributed by atoms with Gasteiger partial charge in [-0.25, -0.2) is 5.10 Å². The number of aromatic nitrogens is 2. The minimum Gasteiger partial charge on any atom is -0.409 e. The van der Waals surface area contributed by atoms with Gasteiger partial charge in [0.15, 0.2) is 0 Å². The van der Waals surface area contributed by atoms with Crippen LogP contribution in [0.2, 0.25) is 0 Å². The summed E-state index contributed by atoms with van der Waals surface area (Å²) >= 11 is 4.88. The molecule has 0 spiro atoms. The molecule has 2 heterocycles. The van der Waals surface area contributed by atoms with E-state index in [-0.39, 0.29) is 10.7 Å². The molecule has 2 N–H and O–H groups in total. The molecule has 7 heteroatoms. The highest BCUT2D eigenvalue weighted by Gasteiger charge is 2.17. The average molecular weight is 366 g/mol. The topological polar surface area (TPSA) is 74.2 Å². The second kappa shape index (κ2) is 7.13. The molecule has 0 bridgehead atoms. The van der Waals surface area contributed by atoms with Gasteiger partial charge in [0.05, 0.1) is 11.4 Å². The van der Waals surface area contributed by atoms with Crippen molar-refractivity contribution in [3.63, 3.8) is 0 Å². The molecule has 4 rings (SSSR count). The standard InChI is InChI=1S/C19H18N4O2S/c24-17(13-7-9-14(10-8-13)18-21-22-19(26)25-18)20-15-5-1-2-6-16(15)23-11-3-4-12-23/h1-2,5-10H,3-4,11-12H2,(H,20,24)(H,22,26). The van der Waals surface area contributed by atoms with Gasteiger partial charge < -0.3 is 14.6 Å². The third kappa shape index (κ3) is 3.39. The van der Waals surface area contributed by atoms with Crippen LogP contribution in [-0.2, 0) is 0 Å². The van der Waals surface area contributed by atoms with Crippen molar-refractivity contribution < 1.29 is 9.21 Å². The zero-order chi connectivity index (χ0) is 17.9. The van der Waals surface area contributed by atoms with E-state index in [1.54, 1.807) is 24.3 Å². The van der Waals surface area contributed by atoms with Crippen LogP contribution in [0.25, 0.3) is 11.5 Å². The van der Waals surface area contributed by atoms with Gasteiger partial charge in [-0.15, -0.1) is 5.10 Å². The number of anilines is 2. The lowest BCUT2D eigenvalue weighted by atomic mass is 10.1. The smallest absolute Gasteiger partial charge is 0.284 e. The Morgan fingerprint density at radius 1 is 1.12 bits per heavy atom. The number of amides is 1. The van der Waals surface area contributed by atoms with Gasteiger partial charge >= 0.3 is 0 Å². The van der Waals surface area contributed by atoms with Crippen molar-refractivity contribution in [2.24, 2.45) is 0 Å². The van der Waals surface area contributed by atoms with Crippen molar-refractivity contribution in [2.75, 3.05) is 23.3 Å². The number of nitrogens with one attached hydrogen (secondary N) is 2. The van der Waals surface area contributed by atoms with Crippen molar-refractivity contribution in [1.29, 1.82) is 0 Å². The number of H-pyrrole nitrogens is 1.